The SMILES string of the molecule is COC(=O)N(C)CCc1c(C)cc(C)cc1C. The summed E-state index contributed by atoms with van der Waals surface area (Å²) in [6, 6.07) is 4.36. The summed E-state index contributed by atoms with van der Waals surface area (Å²) >= 11 is 0. The van der Waals surface area contributed by atoms with E-state index in [4.69, 9.17) is 0 Å². The minimum atomic E-state index is -0.285. The zero-order valence-electron chi connectivity index (χ0n) is 11.3. The maximum Gasteiger partial charge on any atom is 0.409 e. The number of carbonyl (C=O) groups excluding carboxylic acids is 1. The Morgan fingerprint density at radius 2 is 1.76 bits per heavy atom. The zero-order valence-corrected chi connectivity index (χ0v) is 11.3. The first kappa shape index (κ1) is 13.6. The molecule has 0 saturated carbocycles. The van der Waals surface area contributed by atoms with Gasteiger partial charge in [-0.1, -0.05) is 17.7 Å². The van der Waals surface area contributed by atoms with Gasteiger partial charge in [0, 0.05) is 13.6 Å². The number of carbonyl (C=O) groups is 1. The van der Waals surface area contributed by atoms with Crippen molar-refractivity contribution in [3.63, 3.8) is 0 Å². The predicted molar refractivity (Wildman–Crippen MR) is 69.4 cm³/mol. The molecule has 0 spiro atoms. The van der Waals surface area contributed by atoms with Gasteiger partial charge in [-0.05, 0) is 43.9 Å². The fourth-order valence-electron chi connectivity index (χ4n) is 2.13. The highest BCUT2D eigenvalue weighted by molar-refractivity contribution is 5.66. The third-order valence-corrected chi connectivity index (χ3v) is 3.02. The number of amides is 1. The van der Waals surface area contributed by atoms with Crippen molar-refractivity contribution in [3.05, 3.63) is 34.4 Å². The van der Waals surface area contributed by atoms with E-state index in [-0.39, 0.29) is 6.09 Å². The maximum atomic E-state index is 11.3. The topological polar surface area (TPSA) is 29.5 Å². The molecule has 0 saturated heterocycles. The maximum absolute atomic E-state index is 11.3. The van der Waals surface area contributed by atoms with E-state index in [0.717, 1.165) is 6.42 Å². The first-order valence-corrected chi connectivity index (χ1v) is 5.81. The summed E-state index contributed by atoms with van der Waals surface area (Å²) in [5.41, 5.74) is 5.19. The minimum absolute atomic E-state index is 0.285. The number of nitrogens with zero attached hydrogens (tertiary/aromatic N) is 1. The van der Waals surface area contributed by atoms with E-state index in [2.05, 4.69) is 37.6 Å². The molecule has 3 heteroatoms. The van der Waals surface area contributed by atoms with Gasteiger partial charge in [-0.15, -0.1) is 0 Å². The Morgan fingerprint density at radius 3 is 2.24 bits per heavy atom. The molecule has 0 heterocycles. The van der Waals surface area contributed by atoms with E-state index >= 15 is 0 Å². The molecule has 94 valence electrons. The van der Waals surface area contributed by atoms with Crippen LogP contribution in [0, 0.1) is 20.8 Å². The van der Waals surface area contributed by atoms with Gasteiger partial charge in [0.05, 0.1) is 7.11 Å². The molecule has 0 aliphatic rings. The second-order valence-corrected chi connectivity index (χ2v) is 4.52. The molecule has 0 aliphatic heterocycles. The number of rotatable bonds is 3. The molecule has 1 aromatic rings. The number of aryl methyl sites for hydroxylation is 3. The number of likely N-dealkylation sites (N-methyl/N-ethyl adjacent to an activating group) is 1. The smallest absolute Gasteiger partial charge is 0.409 e. The highest BCUT2D eigenvalue weighted by atomic mass is 16.5. The van der Waals surface area contributed by atoms with Gasteiger partial charge in [-0.2, -0.15) is 0 Å². The van der Waals surface area contributed by atoms with E-state index in [1.165, 1.54) is 29.4 Å². The van der Waals surface area contributed by atoms with Crippen molar-refractivity contribution in [2.45, 2.75) is 27.2 Å². The molecule has 0 aliphatic carbocycles. The summed E-state index contributed by atoms with van der Waals surface area (Å²) in [7, 11) is 3.16. The third kappa shape index (κ3) is 3.48. The highest BCUT2D eigenvalue weighted by Crippen LogP contribution is 2.17. The molecule has 17 heavy (non-hydrogen) atoms. The monoisotopic (exact) mass is 235 g/mol. The number of hydrogen-bond donors (Lipinski definition) is 0. The molecule has 0 fully saturated rings. The quantitative estimate of drug-likeness (QED) is 0.806. The normalized spacial score (nSPS) is 10.2. The average molecular weight is 235 g/mol. The van der Waals surface area contributed by atoms with Crippen LogP contribution in [0.25, 0.3) is 0 Å². The number of hydrogen-bond acceptors (Lipinski definition) is 2. The molecule has 3 nitrogen and oxygen atoms in total. The van der Waals surface area contributed by atoms with Gasteiger partial charge in [0.25, 0.3) is 0 Å². The first-order valence-electron chi connectivity index (χ1n) is 5.81. The molecule has 0 aromatic heterocycles. The highest BCUT2D eigenvalue weighted by Gasteiger charge is 2.10. The van der Waals surface area contributed by atoms with Crippen LogP contribution in [-0.2, 0) is 11.2 Å². The van der Waals surface area contributed by atoms with E-state index in [1.54, 1.807) is 11.9 Å². The second kappa shape index (κ2) is 5.71. The summed E-state index contributed by atoms with van der Waals surface area (Å²) in [6.45, 7) is 7.02. The Bertz CT molecular complexity index is 390. The van der Waals surface area contributed by atoms with Crippen LogP contribution < -0.4 is 0 Å². The van der Waals surface area contributed by atoms with Crippen LogP contribution in [0.1, 0.15) is 22.3 Å². The molecule has 1 aromatic carbocycles. The molecule has 0 radical (unpaired) electrons. The van der Waals surface area contributed by atoms with Crippen molar-refractivity contribution in [1.29, 1.82) is 0 Å². The number of methoxy groups -OCH3 is 1. The van der Waals surface area contributed by atoms with Gasteiger partial charge in [0.15, 0.2) is 0 Å². The average Bonchev–Trinajstić information content (AvgIpc) is 2.26. The lowest BCUT2D eigenvalue weighted by Gasteiger charge is -2.17. The van der Waals surface area contributed by atoms with Crippen LogP contribution in [0.15, 0.2) is 12.1 Å². The van der Waals surface area contributed by atoms with Crippen molar-refractivity contribution in [2.75, 3.05) is 20.7 Å². The summed E-state index contributed by atoms with van der Waals surface area (Å²) < 4.78 is 4.67. The van der Waals surface area contributed by atoms with E-state index in [9.17, 15) is 4.79 Å². The Morgan fingerprint density at radius 1 is 1.24 bits per heavy atom. The molecule has 1 amide bonds. The van der Waals surface area contributed by atoms with Crippen molar-refractivity contribution in [2.24, 2.45) is 0 Å². The molecule has 1 rings (SSSR count). The molecule has 0 N–H and O–H groups in total. The van der Waals surface area contributed by atoms with Crippen LogP contribution >= 0.6 is 0 Å². The summed E-state index contributed by atoms with van der Waals surface area (Å²) in [5.74, 6) is 0. The van der Waals surface area contributed by atoms with E-state index < -0.39 is 0 Å². The molecule has 0 bridgehead atoms. The Labute approximate surface area is 103 Å². The van der Waals surface area contributed by atoms with Crippen LogP contribution in [-0.4, -0.2) is 31.7 Å². The van der Waals surface area contributed by atoms with Gasteiger partial charge < -0.3 is 9.64 Å². The lowest BCUT2D eigenvalue weighted by atomic mass is 9.97. The standard InChI is InChI=1S/C14H21NO2/c1-10-8-11(2)13(12(3)9-10)6-7-15(4)14(16)17-5/h8-9H,6-7H2,1-5H3. The van der Waals surface area contributed by atoms with Crippen molar-refractivity contribution in [3.8, 4) is 0 Å². The number of ether oxygens (including phenoxy) is 1. The van der Waals surface area contributed by atoms with Crippen LogP contribution in [0.3, 0.4) is 0 Å². The summed E-state index contributed by atoms with van der Waals surface area (Å²) in [5, 5.41) is 0. The Balaban J connectivity index is 2.73. The van der Waals surface area contributed by atoms with Crippen molar-refractivity contribution < 1.29 is 9.53 Å². The summed E-state index contributed by atoms with van der Waals surface area (Å²) in [6.07, 6.45) is 0.580. The fourth-order valence-corrected chi connectivity index (χ4v) is 2.13. The molecule has 0 unspecified atom stereocenters. The Kier molecular flexibility index (Phi) is 4.55. The molecule has 0 atom stereocenters. The fraction of sp³-hybridized carbons (Fsp3) is 0.500. The minimum Gasteiger partial charge on any atom is -0.453 e. The van der Waals surface area contributed by atoms with Crippen molar-refractivity contribution >= 4 is 6.09 Å². The predicted octanol–water partition coefficient (Wildman–Crippen LogP) is 2.85. The van der Waals surface area contributed by atoms with Gasteiger partial charge >= 0.3 is 6.09 Å². The lowest BCUT2D eigenvalue weighted by molar-refractivity contribution is 0.134. The zero-order chi connectivity index (χ0) is 13.0. The van der Waals surface area contributed by atoms with Gasteiger partial charge in [0.2, 0.25) is 0 Å². The van der Waals surface area contributed by atoms with E-state index in [0.29, 0.717) is 6.54 Å². The van der Waals surface area contributed by atoms with Crippen LogP contribution in [0.4, 0.5) is 4.79 Å². The molecular formula is C14H21NO2. The summed E-state index contributed by atoms with van der Waals surface area (Å²) in [4.78, 5) is 12.9. The Hall–Kier alpha value is -1.51. The van der Waals surface area contributed by atoms with Crippen LogP contribution in [0.2, 0.25) is 0 Å². The molecular weight excluding hydrogens is 214 g/mol. The largest absolute Gasteiger partial charge is 0.453 e. The second-order valence-electron chi connectivity index (χ2n) is 4.52. The third-order valence-electron chi connectivity index (χ3n) is 3.02. The van der Waals surface area contributed by atoms with Gasteiger partial charge in [0.1, 0.15) is 0 Å². The van der Waals surface area contributed by atoms with Gasteiger partial charge in [-0.25, -0.2) is 4.79 Å². The number of benzene rings is 1. The van der Waals surface area contributed by atoms with Gasteiger partial charge in [-0.3, -0.25) is 0 Å². The van der Waals surface area contributed by atoms with E-state index in [1.807, 2.05) is 0 Å². The lowest BCUT2D eigenvalue weighted by Crippen LogP contribution is -2.28. The van der Waals surface area contributed by atoms with Crippen molar-refractivity contribution in [1.82, 2.24) is 4.90 Å². The van der Waals surface area contributed by atoms with Crippen LogP contribution in [0.5, 0.6) is 0 Å². The first-order chi connectivity index (χ1) is 7.95.